The summed E-state index contributed by atoms with van der Waals surface area (Å²) in [5.41, 5.74) is 0.339. The molecule has 0 saturated carbocycles. The molecule has 2 aromatic rings. The Morgan fingerprint density at radius 1 is 1.22 bits per heavy atom. The van der Waals surface area contributed by atoms with Gasteiger partial charge in [0, 0.05) is 13.0 Å². The molecule has 27 heavy (non-hydrogen) atoms. The number of amides is 1. The van der Waals surface area contributed by atoms with Crippen molar-refractivity contribution in [1.29, 1.82) is 0 Å². The van der Waals surface area contributed by atoms with E-state index in [1.165, 1.54) is 4.90 Å². The zero-order chi connectivity index (χ0) is 19.6. The van der Waals surface area contributed by atoms with Crippen LogP contribution in [-0.4, -0.2) is 49.7 Å². The van der Waals surface area contributed by atoms with Crippen LogP contribution in [0, 0.1) is 0 Å². The van der Waals surface area contributed by atoms with Crippen LogP contribution in [0.2, 0.25) is 0 Å². The van der Waals surface area contributed by atoms with Crippen LogP contribution in [0.4, 0.5) is 4.79 Å². The lowest BCUT2D eigenvalue weighted by Gasteiger charge is -2.40. The second-order valence-electron chi connectivity index (χ2n) is 7.67. The Labute approximate surface area is 159 Å². The molecule has 1 aliphatic rings. The summed E-state index contributed by atoms with van der Waals surface area (Å²) in [6.45, 7) is 7.98. The molecule has 1 atom stereocenters. The summed E-state index contributed by atoms with van der Waals surface area (Å²) >= 11 is 0. The summed E-state index contributed by atoms with van der Waals surface area (Å²) in [6.07, 6.45) is 1.03. The summed E-state index contributed by atoms with van der Waals surface area (Å²) in [7, 11) is 0. The first-order chi connectivity index (χ1) is 12.8. The highest BCUT2D eigenvalue weighted by Crippen LogP contribution is 2.23. The summed E-state index contributed by atoms with van der Waals surface area (Å²) in [4.78, 5) is 30.9. The van der Waals surface area contributed by atoms with Gasteiger partial charge in [-0.25, -0.2) is 14.5 Å². The lowest BCUT2D eigenvalue weighted by Crippen LogP contribution is -2.56. The van der Waals surface area contributed by atoms with Gasteiger partial charge in [0.05, 0.1) is 18.2 Å². The van der Waals surface area contributed by atoms with Crippen molar-refractivity contribution in [2.24, 2.45) is 0 Å². The first-order valence-electron chi connectivity index (χ1n) is 9.31. The normalized spacial score (nSPS) is 16.7. The number of benzene rings is 1. The zero-order valence-electron chi connectivity index (χ0n) is 16.3. The third kappa shape index (κ3) is 4.35. The summed E-state index contributed by atoms with van der Waals surface area (Å²) < 4.78 is 7.14. The number of hydrogen-bond acceptors (Lipinski definition) is 5. The van der Waals surface area contributed by atoms with Gasteiger partial charge in [0.1, 0.15) is 11.4 Å². The highest BCUT2D eigenvalue weighted by atomic mass is 16.6. The molecule has 0 unspecified atom stereocenters. The molecule has 0 N–H and O–H groups in total. The van der Waals surface area contributed by atoms with Crippen LogP contribution in [0.1, 0.15) is 45.8 Å². The third-order valence-electron chi connectivity index (χ3n) is 4.39. The predicted molar refractivity (Wildman–Crippen MR) is 101 cm³/mol. The molecule has 0 aliphatic carbocycles. The maximum Gasteiger partial charge on any atom is 0.410 e. The lowest BCUT2D eigenvalue weighted by molar-refractivity contribution is -0.127. The van der Waals surface area contributed by atoms with E-state index in [0.717, 1.165) is 11.5 Å². The van der Waals surface area contributed by atoms with Crippen LogP contribution in [-0.2, 0) is 22.4 Å². The van der Waals surface area contributed by atoms with Crippen LogP contribution in [0.3, 0.4) is 0 Å². The fourth-order valence-electron chi connectivity index (χ4n) is 3.01. The molecule has 1 amide bonds. The van der Waals surface area contributed by atoms with Gasteiger partial charge in [0.15, 0.2) is 11.6 Å². The number of likely N-dealkylation sites (tertiary alicyclic amines) is 1. The number of hydrogen-bond donors (Lipinski definition) is 0. The Balaban J connectivity index is 1.70. The van der Waals surface area contributed by atoms with Crippen LogP contribution in [0.15, 0.2) is 30.3 Å². The number of para-hydroxylation sites is 1. The lowest BCUT2D eigenvalue weighted by atomic mass is 9.97. The molecular formula is C20H26N4O3. The molecular weight excluding hydrogens is 344 g/mol. The molecule has 3 rings (SSSR count). The minimum Gasteiger partial charge on any atom is -0.444 e. The van der Waals surface area contributed by atoms with Gasteiger partial charge < -0.3 is 4.74 Å². The van der Waals surface area contributed by atoms with Crippen molar-refractivity contribution in [2.45, 2.75) is 58.6 Å². The largest absolute Gasteiger partial charge is 0.444 e. The molecule has 0 radical (unpaired) electrons. The number of aryl methyl sites for hydroxylation is 1. The molecule has 0 spiro atoms. The van der Waals surface area contributed by atoms with Crippen LogP contribution >= 0.6 is 0 Å². The molecule has 7 nitrogen and oxygen atoms in total. The maximum absolute atomic E-state index is 12.7. The van der Waals surface area contributed by atoms with Crippen molar-refractivity contribution in [3.8, 4) is 5.69 Å². The van der Waals surface area contributed by atoms with E-state index in [2.05, 4.69) is 10.1 Å². The van der Waals surface area contributed by atoms with Gasteiger partial charge in [0.2, 0.25) is 0 Å². The fourth-order valence-corrected chi connectivity index (χ4v) is 3.01. The Kier molecular flexibility index (Phi) is 5.30. The topological polar surface area (TPSA) is 77.3 Å². The first kappa shape index (κ1) is 19.1. The van der Waals surface area contributed by atoms with Gasteiger partial charge in [-0.05, 0) is 39.3 Å². The summed E-state index contributed by atoms with van der Waals surface area (Å²) in [6, 6.07) is 9.28. The Bertz CT molecular complexity index is 823. The third-order valence-corrected chi connectivity index (χ3v) is 4.39. The molecule has 1 aliphatic heterocycles. The van der Waals surface area contributed by atoms with Gasteiger partial charge in [0.25, 0.3) is 0 Å². The van der Waals surface area contributed by atoms with E-state index < -0.39 is 17.7 Å². The SMILES string of the molecule is CCc1nc(CC(=O)[C@@H]2CCN2C(=O)OC(C)(C)C)nn1-c1ccccc1. The molecule has 1 aromatic carbocycles. The Morgan fingerprint density at radius 3 is 2.48 bits per heavy atom. The van der Waals surface area contributed by atoms with Crippen molar-refractivity contribution in [3.63, 3.8) is 0 Å². The van der Waals surface area contributed by atoms with E-state index in [9.17, 15) is 9.59 Å². The number of ether oxygens (including phenoxy) is 1. The second kappa shape index (κ2) is 7.50. The molecule has 1 saturated heterocycles. The maximum atomic E-state index is 12.7. The fraction of sp³-hybridized carbons (Fsp3) is 0.500. The number of Topliss-reactive ketones (excluding diaryl/α,β-unsaturated/α-hetero) is 1. The van der Waals surface area contributed by atoms with E-state index in [1.807, 2.05) is 58.0 Å². The molecule has 1 aromatic heterocycles. The van der Waals surface area contributed by atoms with Gasteiger partial charge in [-0.3, -0.25) is 9.69 Å². The Hall–Kier alpha value is -2.70. The van der Waals surface area contributed by atoms with Crippen molar-refractivity contribution in [2.75, 3.05) is 6.54 Å². The highest BCUT2D eigenvalue weighted by molar-refractivity contribution is 5.90. The Morgan fingerprint density at radius 2 is 1.93 bits per heavy atom. The number of rotatable bonds is 5. The van der Waals surface area contributed by atoms with Crippen LogP contribution < -0.4 is 0 Å². The number of ketones is 1. The highest BCUT2D eigenvalue weighted by Gasteiger charge is 2.39. The molecule has 144 valence electrons. The van der Waals surface area contributed by atoms with Gasteiger partial charge in [-0.2, -0.15) is 5.10 Å². The number of aromatic nitrogens is 3. The molecule has 1 fully saturated rings. The van der Waals surface area contributed by atoms with Crippen molar-refractivity contribution in [3.05, 3.63) is 42.0 Å². The number of carbonyl (C=O) groups is 2. The monoisotopic (exact) mass is 370 g/mol. The molecule has 2 heterocycles. The minimum atomic E-state index is -0.577. The van der Waals surface area contributed by atoms with Crippen molar-refractivity contribution >= 4 is 11.9 Å². The number of nitrogens with zero attached hydrogens (tertiary/aromatic N) is 4. The van der Waals surface area contributed by atoms with Crippen LogP contribution in [0.25, 0.3) is 5.69 Å². The summed E-state index contributed by atoms with van der Waals surface area (Å²) in [5, 5.41) is 4.51. The molecule has 7 heteroatoms. The van der Waals surface area contributed by atoms with Crippen molar-refractivity contribution in [1.82, 2.24) is 19.7 Å². The van der Waals surface area contributed by atoms with Crippen LogP contribution in [0.5, 0.6) is 0 Å². The molecule has 0 bridgehead atoms. The van der Waals surface area contributed by atoms with Crippen molar-refractivity contribution < 1.29 is 14.3 Å². The van der Waals surface area contributed by atoms with E-state index >= 15 is 0 Å². The minimum absolute atomic E-state index is 0.0556. The van der Waals surface area contributed by atoms with E-state index in [1.54, 1.807) is 4.68 Å². The average molecular weight is 370 g/mol. The second-order valence-corrected chi connectivity index (χ2v) is 7.67. The van der Waals surface area contributed by atoms with Gasteiger partial charge in [-0.15, -0.1) is 0 Å². The summed E-state index contributed by atoms with van der Waals surface area (Å²) in [5.74, 6) is 1.23. The van der Waals surface area contributed by atoms with E-state index in [-0.39, 0.29) is 12.2 Å². The first-order valence-corrected chi connectivity index (χ1v) is 9.31. The smallest absolute Gasteiger partial charge is 0.410 e. The van der Waals surface area contributed by atoms with Gasteiger partial charge >= 0.3 is 6.09 Å². The quantitative estimate of drug-likeness (QED) is 0.809. The zero-order valence-corrected chi connectivity index (χ0v) is 16.3. The number of carbonyl (C=O) groups excluding carboxylic acids is 2. The van der Waals surface area contributed by atoms with E-state index in [4.69, 9.17) is 4.74 Å². The predicted octanol–water partition coefficient (Wildman–Crippen LogP) is 2.95. The average Bonchev–Trinajstić information content (AvgIpc) is 2.95. The van der Waals surface area contributed by atoms with Gasteiger partial charge in [-0.1, -0.05) is 25.1 Å². The standard InChI is InChI=1S/C20H26N4O3/c1-5-18-21-17(22-24(18)14-9-7-6-8-10-14)13-16(25)15-11-12-23(15)19(26)27-20(2,3)4/h6-10,15H,5,11-13H2,1-4H3/t15-/m0/s1. The van der Waals surface area contributed by atoms with E-state index in [0.29, 0.717) is 25.2 Å².